The van der Waals surface area contributed by atoms with Crippen molar-refractivity contribution in [3.63, 3.8) is 0 Å². The molecule has 0 bridgehead atoms. The number of piperidine rings is 1. The molecule has 1 unspecified atom stereocenters. The van der Waals surface area contributed by atoms with Gasteiger partial charge in [0.25, 0.3) is 0 Å². The van der Waals surface area contributed by atoms with E-state index in [1.807, 2.05) is 16.8 Å². The number of likely N-dealkylation sites (tertiary alicyclic amines) is 1. The van der Waals surface area contributed by atoms with Gasteiger partial charge in [0.2, 0.25) is 5.91 Å². The van der Waals surface area contributed by atoms with E-state index in [0.717, 1.165) is 19.4 Å². The van der Waals surface area contributed by atoms with Crippen LogP contribution < -0.4 is 0 Å². The van der Waals surface area contributed by atoms with Crippen molar-refractivity contribution in [3.05, 3.63) is 0 Å². The van der Waals surface area contributed by atoms with Crippen LogP contribution in [-0.2, 0) is 9.53 Å². The van der Waals surface area contributed by atoms with Gasteiger partial charge in [-0.25, -0.2) is 0 Å². The van der Waals surface area contributed by atoms with Crippen LogP contribution in [0.15, 0.2) is 0 Å². The zero-order valence-corrected chi connectivity index (χ0v) is 11.6. The van der Waals surface area contributed by atoms with Crippen LogP contribution in [0.4, 0.5) is 0 Å². The van der Waals surface area contributed by atoms with Crippen molar-refractivity contribution < 1.29 is 14.6 Å². The SMILES string of the molecule is CC1CCCCN1C(=O)CN(C)CCOCCO. The van der Waals surface area contributed by atoms with E-state index in [-0.39, 0.29) is 12.5 Å². The topological polar surface area (TPSA) is 53.0 Å². The quantitative estimate of drug-likeness (QED) is 0.669. The van der Waals surface area contributed by atoms with Crippen molar-refractivity contribution in [1.82, 2.24) is 9.80 Å². The van der Waals surface area contributed by atoms with E-state index < -0.39 is 0 Å². The number of ether oxygens (including phenoxy) is 1. The van der Waals surface area contributed by atoms with Gasteiger partial charge in [0.15, 0.2) is 0 Å². The Morgan fingerprint density at radius 1 is 1.44 bits per heavy atom. The number of amides is 1. The number of hydrogen-bond donors (Lipinski definition) is 1. The molecule has 18 heavy (non-hydrogen) atoms. The standard InChI is InChI=1S/C13H26N2O3/c1-12-5-3-4-6-15(12)13(17)11-14(2)7-9-18-10-8-16/h12,16H,3-11H2,1-2H3. The molecule has 0 radical (unpaired) electrons. The van der Waals surface area contributed by atoms with Crippen LogP contribution in [-0.4, -0.2) is 73.4 Å². The molecule has 1 rings (SSSR count). The van der Waals surface area contributed by atoms with E-state index in [4.69, 9.17) is 9.84 Å². The summed E-state index contributed by atoms with van der Waals surface area (Å²) in [7, 11) is 1.93. The molecule has 0 spiro atoms. The van der Waals surface area contributed by atoms with Crippen LogP contribution in [0, 0.1) is 0 Å². The van der Waals surface area contributed by atoms with Gasteiger partial charge < -0.3 is 14.7 Å². The smallest absolute Gasteiger partial charge is 0.236 e. The zero-order chi connectivity index (χ0) is 13.4. The summed E-state index contributed by atoms with van der Waals surface area (Å²) in [5.41, 5.74) is 0. The van der Waals surface area contributed by atoms with Gasteiger partial charge in [0, 0.05) is 19.1 Å². The Balaban J connectivity index is 2.21. The Hall–Kier alpha value is -0.650. The molecule has 1 saturated heterocycles. The molecule has 5 nitrogen and oxygen atoms in total. The number of hydrogen-bond acceptors (Lipinski definition) is 4. The highest BCUT2D eigenvalue weighted by Gasteiger charge is 2.23. The molecule has 1 N–H and O–H groups in total. The fourth-order valence-corrected chi connectivity index (χ4v) is 2.26. The molecule has 1 aliphatic rings. The van der Waals surface area contributed by atoms with Crippen molar-refractivity contribution in [2.45, 2.75) is 32.2 Å². The fourth-order valence-electron chi connectivity index (χ4n) is 2.26. The minimum atomic E-state index is 0.0495. The molecular weight excluding hydrogens is 232 g/mol. The monoisotopic (exact) mass is 258 g/mol. The molecule has 1 amide bonds. The number of aliphatic hydroxyl groups excluding tert-OH is 1. The molecule has 0 aromatic rings. The Labute approximate surface area is 110 Å². The van der Waals surface area contributed by atoms with Crippen LogP contribution in [0.2, 0.25) is 0 Å². The summed E-state index contributed by atoms with van der Waals surface area (Å²) in [6, 6.07) is 0.380. The average molecular weight is 258 g/mol. The third-order valence-corrected chi connectivity index (χ3v) is 3.38. The number of aliphatic hydroxyl groups is 1. The third kappa shape index (κ3) is 5.33. The maximum absolute atomic E-state index is 12.1. The number of carbonyl (C=O) groups excluding carboxylic acids is 1. The van der Waals surface area contributed by atoms with Crippen molar-refractivity contribution in [2.75, 3.05) is 46.5 Å². The lowest BCUT2D eigenvalue weighted by atomic mass is 10.0. The Bertz CT molecular complexity index is 248. The summed E-state index contributed by atoms with van der Waals surface area (Å²) in [6.07, 6.45) is 3.48. The predicted molar refractivity (Wildman–Crippen MR) is 70.4 cm³/mol. The average Bonchev–Trinajstić information content (AvgIpc) is 2.35. The molecule has 1 atom stereocenters. The highest BCUT2D eigenvalue weighted by Crippen LogP contribution is 2.16. The second-order valence-electron chi connectivity index (χ2n) is 5.01. The lowest BCUT2D eigenvalue weighted by Gasteiger charge is -2.34. The molecule has 0 aromatic carbocycles. The van der Waals surface area contributed by atoms with Gasteiger partial charge in [0.05, 0.1) is 26.4 Å². The van der Waals surface area contributed by atoms with E-state index in [9.17, 15) is 4.79 Å². The minimum Gasteiger partial charge on any atom is -0.394 e. The summed E-state index contributed by atoms with van der Waals surface area (Å²) in [6.45, 7) is 5.16. The molecule has 0 aliphatic carbocycles. The van der Waals surface area contributed by atoms with Crippen molar-refractivity contribution in [3.8, 4) is 0 Å². The maximum atomic E-state index is 12.1. The lowest BCUT2D eigenvalue weighted by molar-refractivity contribution is -0.135. The van der Waals surface area contributed by atoms with E-state index >= 15 is 0 Å². The summed E-state index contributed by atoms with van der Waals surface area (Å²) < 4.78 is 5.19. The first-order valence-corrected chi connectivity index (χ1v) is 6.81. The lowest BCUT2D eigenvalue weighted by Crippen LogP contribution is -2.46. The van der Waals surface area contributed by atoms with Gasteiger partial charge in [-0.2, -0.15) is 0 Å². The van der Waals surface area contributed by atoms with Gasteiger partial charge >= 0.3 is 0 Å². The Kier molecular flexibility index (Phi) is 7.23. The molecule has 1 heterocycles. The normalized spacial score (nSPS) is 20.4. The van der Waals surface area contributed by atoms with E-state index in [1.54, 1.807) is 0 Å². The molecular formula is C13H26N2O3. The first-order valence-electron chi connectivity index (χ1n) is 6.81. The van der Waals surface area contributed by atoms with E-state index in [2.05, 4.69) is 6.92 Å². The van der Waals surface area contributed by atoms with Crippen molar-refractivity contribution >= 4 is 5.91 Å². The number of rotatable bonds is 7. The van der Waals surface area contributed by atoms with Crippen LogP contribution in [0.5, 0.6) is 0 Å². The highest BCUT2D eigenvalue weighted by molar-refractivity contribution is 5.78. The van der Waals surface area contributed by atoms with Gasteiger partial charge in [-0.3, -0.25) is 9.69 Å². The summed E-state index contributed by atoms with van der Waals surface area (Å²) in [5, 5.41) is 8.58. The van der Waals surface area contributed by atoms with Crippen molar-refractivity contribution in [1.29, 1.82) is 0 Å². The van der Waals surface area contributed by atoms with Gasteiger partial charge in [-0.15, -0.1) is 0 Å². The van der Waals surface area contributed by atoms with E-state index in [1.165, 1.54) is 6.42 Å². The third-order valence-electron chi connectivity index (χ3n) is 3.38. The second-order valence-corrected chi connectivity index (χ2v) is 5.01. The zero-order valence-electron chi connectivity index (χ0n) is 11.6. The molecule has 0 saturated carbocycles. The number of carbonyl (C=O) groups is 1. The maximum Gasteiger partial charge on any atom is 0.236 e. The first-order chi connectivity index (χ1) is 8.65. The summed E-state index contributed by atoms with van der Waals surface area (Å²) >= 11 is 0. The number of likely N-dealkylation sites (N-methyl/N-ethyl adjacent to an activating group) is 1. The Morgan fingerprint density at radius 3 is 2.89 bits per heavy atom. The molecule has 0 aromatic heterocycles. The molecule has 5 heteroatoms. The summed E-state index contributed by atoms with van der Waals surface area (Å²) in [5.74, 6) is 0.215. The van der Waals surface area contributed by atoms with Crippen LogP contribution in [0.1, 0.15) is 26.2 Å². The van der Waals surface area contributed by atoms with Crippen molar-refractivity contribution in [2.24, 2.45) is 0 Å². The Morgan fingerprint density at radius 2 is 2.22 bits per heavy atom. The second kappa shape index (κ2) is 8.45. The predicted octanol–water partition coefficient (Wildman–Crippen LogP) is 0.328. The summed E-state index contributed by atoms with van der Waals surface area (Å²) in [4.78, 5) is 16.1. The van der Waals surface area contributed by atoms with Crippen LogP contribution in [0.25, 0.3) is 0 Å². The molecule has 1 fully saturated rings. The van der Waals surface area contributed by atoms with Gasteiger partial charge in [0.1, 0.15) is 0 Å². The van der Waals surface area contributed by atoms with Gasteiger partial charge in [-0.1, -0.05) is 0 Å². The highest BCUT2D eigenvalue weighted by atomic mass is 16.5. The molecule has 106 valence electrons. The van der Waals surface area contributed by atoms with Crippen LogP contribution in [0.3, 0.4) is 0 Å². The largest absolute Gasteiger partial charge is 0.394 e. The molecule has 1 aliphatic heterocycles. The van der Waals surface area contributed by atoms with Crippen LogP contribution >= 0.6 is 0 Å². The first kappa shape index (κ1) is 15.4. The van der Waals surface area contributed by atoms with Gasteiger partial charge in [-0.05, 0) is 33.2 Å². The van der Waals surface area contributed by atoms with E-state index in [0.29, 0.717) is 32.3 Å². The minimum absolute atomic E-state index is 0.0495. The fraction of sp³-hybridized carbons (Fsp3) is 0.923. The number of nitrogens with zero attached hydrogens (tertiary/aromatic N) is 2.